The molecule has 26 heavy (non-hydrogen) atoms. The number of rotatable bonds is 5. The van der Waals surface area contributed by atoms with Gasteiger partial charge in [0, 0.05) is 24.5 Å². The Bertz CT molecular complexity index is 786. The van der Waals surface area contributed by atoms with Crippen molar-refractivity contribution < 1.29 is 0 Å². The summed E-state index contributed by atoms with van der Waals surface area (Å²) < 4.78 is 0. The number of nitrogens with zero attached hydrogens (tertiary/aromatic N) is 5. The SMILES string of the molecule is CCCC(Nc1cc(Cl)ncn1)c1cccnc1.Clc1cc(Cl)ncn1. The molecule has 3 aromatic heterocycles. The molecule has 1 unspecified atom stereocenters. The molecular formula is C17H17Cl3N6. The van der Waals surface area contributed by atoms with Crippen LogP contribution in [0.1, 0.15) is 31.4 Å². The number of aromatic nitrogens is 5. The highest BCUT2D eigenvalue weighted by Crippen LogP contribution is 2.22. The Morgan fingerprint density at radius 1 is 0.962 bits per heavy atom. The van der Waals surface area contributed by atoms with Crippen molar-refractivity contribution in [1.29, 1.82) is 0 Å². The smallest absolute Gasteiger partial charge is 0.134 e. The first kappa shape index (κ1) is 20.3. The molecule has 1 atom stereocenters. The highest BCUT2D eigenvalue weighted by molar-refractivity contribution is 6.33. The van der Waals surface area contributed by atoms with Crippen LogP contribution in [0, 0.1) is 0 Å². The molecule has 0 aliphatic heterocycles. The number of pyridine rings is 1. The van der Waals surface area contributed by atoms with Crippen LogP contribution >= 0.6 is 34.8 Å². The zero-order chi connectivity index (χ0) is 18.8. The predicted molar refractivity (Wildman–Crippen MR) is 105 cm³/mol. The van der Waals surface area contributed by atoms with Crippen LogP contribution in [0.2, 0.25) is 15.5 Å². The average molecular weight is 412 g/mol. The van der Waals surface area contributed by atoms with Crippen molar-refractivity contribution in [1.82, 2.24) is 24.9 Å². The van der Waals surface area contributed by atoms with Crippen molar-refractivity contribution in [2.45, 2.75) is 25.8 Å². The van der Waals surface area contributed by atoms with E-state index in [1.807, 2.05) is 12.3 Å². The molecule has 1 N–H and O–H groups in total. The van der Waals surface area contributed by atoms with Gasteiger partial charge in [-0.1, -0.05) is 54.2 Å². The topological polar surface area (TPSA) is 76.5 Å². The van der Waals surface area contributed by atoms with Crippen LogP contribution in [0.4, 0.5) is 5.82 Å². The summed E-state index contributed by atoms with van der Waals surface area (Å²) in [6, 6.07) is 7.38. The standard InChI is InChI=1S/C13H15ClN4.C4H2Cl2N2/c1-2-4-11(10-5-3-6-15-8-10)18-13-7-12(14)16-9-17-13;5-3-1-4(6)8-2-7-3/h3,5-9,11H,2,4H2,1H3,(H,16,17,18);1-2H. The van der Waals surface area contributed by atoms with Crippen LogP contribution < -0.4 is 5.32 Å². The molecule has 3 heterocycles. The molecule has 6 nitrogen and oxygen atoms in total. The van der Waals surface area contributed by atoms with E-state index in [1.54, 1.807) is 12.3 Å². The molecule has 0 bridgehead atoms. The fourth-order valence-corrected chi connectivity index (χ4v) is 2.59. The van der Waals surface area contributed by atoms with Gasteiger partial charge in [-0.2, -0.15) is 0 Å². The summed E-state index contributed by atoms with van der Waals surface area (Å²) in [4.78, 5) is 19.4. The van der Waals surface area contributed by atoms with Gasteiger partial charge in [0.15, 0.2) is 0 Å². The molecule has 0 aliphatic rings. The van der Waals surface area contributed by atoms with E-state index in [-0.39, 0.29) is 6.04 Å². The second kappa shape index (κ2) is 10.9. The Kier molecular flexibility index (Phi) is 8.47. The second-order valence-electron chi connectivity index (χ2n) is 5.16. The molecule has 136 valence electrons. The highest BCUT2D eigenvalue weighted by Gasteiger charge is 2.11. The number of anilines is 1. The Labute approximate surface area is 167 Å². The molecule has 9 heteroatoms. The van der Waals surface area contributed by atoms with Crippen LogP contribution in [0.25, 0.3) is 0 Å². The third-order valence-corrected chi connectivity index (χ3v) is 3.84. The Balaban J connectivity index is 0.000000254. The van der Waals surface area contributed by atoms with E-state index in [9.17, 15) is 0 Å². The summed E-state index contributed by atoms with van der Waals surface area (Å²) in [6.07, 6.45) is 8.49. The molecular weight excluding hydrogens is 395 g/mol. The van der Waals surface area contributed by atoms with Gasteiger partial charge >= 0.3 is 0 Å². The maximum absolute atomic E-state index is 5.85. The summed E-state index contributed by atoms with van der Waals surface area (Å²) in [7, 11) is 0. The molecule has 0 aromatic carbocycles. The minimum atomic E-state index is 0.190. The van der Waals surface area contributed by atoms with Gasteiger partial charge in [0.25, 0.3) is 0 Å². The van der Waals surface area contributed by atoms with Crippen LogP contribution in [-0.2, 0) is 0 Å². The molecule has 0 radical (unpaired) electrons. The molecule has 3 rings (SSSR count). The minimum Gasteiger partial charge on any atom is -0.363 e. The van der Waals surface area contributed by atoms with E-state index < -0.39 is 0 Å². The van der Waals surface area contributed by atoms with Gasteiger partial charge in [-0.3, -0.25) is 4.98 Å². The van der Waals surface area contributed by atoms with Crippen molar-refractivity contribution in [3.8, 4) is 0 Å². The summed E-state index contributed by atoms with van der Waals surface area (Å²) in [5.74, 6) is 0.734. The van der Waals surface area contributed by atoms with E-state index in [2.05, 4.69) is 43.2 Å². The van der Waals surface area contributed by atoms with Crippen molar-refractivity contribution >= 4 is 40.6 Å². The van der Waals surface area contributed by atoms with E-state index in [0.717, 1.165) is 24.2 Å². The first-order chi connectivity index (χ1) is 12.6. The second-order valence-corrected chi connectivity index (χ2v) is 6.32. The number of hydrogen-bond acceptors (Lipinski definition) is 6. The monoisotopic (exact) mass is 410 g/mol. The maximum atomic E-state index is 5.85. The fourth-order valence-electron chi connectivity index (χ4n) is 2.10. The van der Waals surface area contributed by atoms with Gasteiger partial charge in [0.2, 0.25) is 0 Å². The van der Waals surface area contributed by atoms with Gasteiger partial charge in [-0.05, 0) is 18.1 Å². The van der Waals surface area contributed by atoms with Gasteiger partial charge in [0.1, 0.15) is 33.9 Å². The van der Waals surface area contributed by atoms with Crippen LogP contribution in [0.3, 0.4) is 0 Å². The minimum absolute atomic E-state index is 0.190. The van der Waals surface area contributed by atoms with E-state index >= 15 is 0 Å². The summed E-state index contributed by atoms with van der Waals surface area (Å²) in [6.45, 7) is 2.15. The molecule has 0 spiro atoms. The lowest BCUT2D eigenvalue weighted by atomic mass is 10.0. The Hall–Kier alpha value is -2.02. The molecule has 0 saturated heterocycles. The van der Waals surface area contributed by atoms with Crippen molar-refractivity contribution in [3.63, 3.8) is 0 Å². The van der Waals surface area contributed by atoms with E-state index in [1.165, 1.54) is 18.7 Å². The van der Waals surface area contributed by atoms with Gasteiger partial charge in [0.05, 0.1) is 6.04 Å². The van der Waals surface area contributed by atoms with Gasteiger partial charge in [-0.25, -0.2) is 19.9 Å². The zero-order valence-electron chi connectivity index (χ0n) is 14.0. The van der Waals surface area contributed by atoms with Crippen molar-refractivity contribution in [3.05, 3.63) is 70.3 Å². The quantitative estimate of drug-likeness (QED) is 0.577. The van der Waals surface area contributed by atoms with Gasteiger partial charge < -0.3 is 5.32 Å². The molecule has 0 fully saturated rings. The largest absolute Gasteiger partial charge is 0.363 e. The normalized spacial score (nSPS) is 11.2. The zero-order valence-corrected chi connectivity index (χ0v) is 16.2. The van der Waals surface area contributed by atoms with Crippen LogP contribution in [-0.4, -0.2) is 24.9 Å². The lowest BCUT2D eigenvalue weighted by Crippen LogP contribution is -2.11. The third kappa shape index (κ3) is 7.07. The molecule has 0 saturated carbocycles. The predicted octanol–water partition coefficient (Wildman–Crippen LogP) is 5.26. The van der Waals surface area contributed by atoms with Gasteiger partial charge in [-0.15, -0.1) is 0 Å². The Morgan fingerprint density at radius 3 is 2.12 bits per heavy atom. The third-order valence-electron chi connectivity index (χ3n) is 3.22. The summed E-state index contributed by atoms with van der Waals surface area (Å²) in [5.41, 5.74) is 1.15. The Morgan fingerprint density at radius 2 is 1.62 bits per heavy atom. The fraction of sp³-hybridized carbons (Fsp3) is 0.235. The molecule has 0 aliphatic carbocycles. The number of hydrogen-bond donors (Lipinski definition) is 1. The highest BCUT2D eigenvalue weighted by atomic mass is 35.5. The van der Waals surface area contributed by atoms with Crippen molar-refractivity contribution in [2.75, 3.05) is 5.32 Å². The van der Waals surface area contributed by atoms with Crippen molar-refractivity contribution in [2.24, 2.45) is 0 Å². The van der Waals surface area contributed by atoms with E-state index in [4.69, 9.17) is 34.8 Å². The van der Waals surface area contributed by atoms with Crippen LogP contribution in [0.5, 0.6) is 0 Å². The first-order valence-electron chi connectivity index (χ1n) is 7.85. The lowest BCUT2D eigenvalue weighted by molar-refractivity contribution is 0.672. The van der Waals surface area contributed by atoms with E-state index in [0.29, 0.717) is 15.5 Å². The average Bonchev–Trinajstić information content (AvgIpc) is 2.62. The number of nitrogens with one attached hydrogen (secondary N) is 1. The van der Waals surface area contributed by atoms with Crippen LogP contribution in [0.15, 0.2) is 49.3 Å². The summed E-state index contributed by atoms with van der Waals surface area (Å²) in [5, 5.41) is 4.53. The number of halogens is 3. The first-order valence-corrected chi connectivity index (χ1v) is 8.99. The maximum Gasteiger partial charge on any atom is 0.134 e. The molecule has 0 amide bonds. The molecule has 3 aromatic rings. The summed E-state index contributed by atoms with van der Waals surface area (Å²) >= 11 is 16.7. The lowest BCUT2D eigenvalue weighted by Gasteiger charge is -2.18.